The van der Waals surface area contributed by atoms with Crippen LogP contribution in [-0.2, 0) is 4.79 Å². The molecule has 0 spiro atoms. The van der Waals surface area contributed by atoms with E-state index in [-0.39, 0.29) is 25.7 Å². The number of hydrogen-bond donors (Lipinski definition) is 3. The smallest absolute Gasteiger partial charge is 0.238 e. The Morgan fingerprint density at radius 2 is 1.95 bits per heavy atom. The molecule has 3 N–H and O–H groups in total. The summed E-state index contributed by atoms with van der Waals surface area (Å²) < 4.78 is 0. The van der Waals surface area contributed by atoms with E-state index < -0.39 is 0 Å². The molecule has 1 aromatic carbocycles. The largest absolute Gasteiger partial charge is 0.396 e. The van der Waals surface area contributed by atoms with Crippen molar-refractivity contribution in [3.8, 4) is 0 Å². The lowest BCUT2D eigenvalue weighted by Crippen LogP contribution is -2.36. The minimum Gasteiger partial charge on any atom is -0.396 e. The first kappa shape index (κ1) is 18.6. The molecule has 124 valence electrons. The second-order valence-electron chi connectivity index (χ2n) is 5.82. The van der Waals surface area contributed by atoms with Crippen LogP contribution >= 0.6 is 0 Å². The quantitative estimate of drug-likeness (QED) is 0.650. The van der Waals surface area contributed by atoms with Crippen LogP contribution in [0.4, 0.5) is 5.69 Å². The Hall–Kier alpha value is -1.43. The number of aryl methyl sites for hydroxylation is 1. The van der Waals surface area contributed by atoms with Gasteiger partial charge < -0.3 is 15.5 Å². The van der Waals surface area contributed by atoms with Crippen LogP contribution in [-0.4, -0.2) is 53.9 Å². The molecule has 0 saturated carbocycles. The molecular weight excluding hydrogens is 280 g/mol. The van der Waals surface area contributed by atoms with Gasteiger partial charge in [-0.05, 0) is 30.4 Å². The highest BCUT2D eigenvalue weighted by molar-refractivity contribution is 5.93. The van der Waals surface area contributed by atoms with Gasteiger partial charge in [-0.15, -0.1) is 0 Å². The summed E-state index contributed by atoms with van der Waals surface area (Å²) in [6.45, 7) is 7.51. The number of nitrogens with one attached hydrogen (secondary N) is 1. The fraction of sp³-hybridized carbons (Fsp3) is 0.588. The summed E-state index contributed by atoms with van der Waals surface area (Å²) >= 11 is 0. The summed E-state index contributed by atoms with van der Waals surface area (Å²) in [5.41, 5.74) is 3.05. The number of carbonyl (C=O) groups is 1. The van der Waals surface area contributed by atoms with Gasteiger partial charge in [0.2, 0.25) is 5.91 Å². The van der Waals surface area contributed by atoms with E-state index >= 15 is 0 Å². The first-order valence-corrected chi connectivity index (χ1v) is 7.83. The van der Waals surface area contributed by atoms with Gasteiger partial charge in [0.1, 0.15) is 0 Å². The van der Waals surface area contributed by atoms with Crippen molar-refractivity contribution < 1.29 is 15.0 Å². The number of amides is 1. The highest BCUT2D eigenvalue weighted by Crippen LogP contribution is 2.27. The molecule has 22 heavy (non-hydrogen) atoms. The Morgan fingerprint density at radius 1 is 1.23 bits per heavy atom. The number of nitrogens with zero attached hydrogens (tertiary/aromatic N) is 1. The number of para-hydroxylation sites is 1. The first-order valence-electron chi connectivity index (χ1n) is 7.83. The van der Waals surface area contributed by atoms with Crippen molar-refractivity contribution in [2.24, 2.45) is 0 Å². The Morgan fingerprint density at radius 3 is 2.55 bits per heavy atom. The van der Waals surface area contributed by atoms with Gasteiger partial charge in [0.25, 0.3) is 0 Å². The first-order chi connectivity index (χ1) is 10.5. The third-order valence-corrected chi connectivity index (χ3v) is 3.61. The summed E-state index contributed by atoms with van der Waals surface area (Å²) in [4.78, 5) is 14.1. The van der Waals surface area contributed by atoms with E-state index in [9.17, 15) is 4.79 Å². The molecule has 0 fully saturated rings. The molecule has 0 aromatic heterocycles. The number of hydrogen-bond acceptors (Lipinski definition) is 4. The molecule has 1 amide bonds. The molecule has 0 radical (unpaired) electrons. The van der Waals surface area contributed by atoms with Gasteiger partial charge in [-0.3, -0.25) is 9.69 Å². The number of aliphatic hydroxyl groups is 2. The molecule has 1 rings (SSSR count). The molecule has 0 unspecified atom stereocenters. The molecule has 0 bridgehead atoms. The van der Waals surface area contributed by atoms with Gasteiger partial charge in [-0.1, -0.05) is 32.0 Å². The summed E-state index contributed by atoms with van der Waals surface area (Å²) in [7, 11) is 0. The van der Waals surface area contributed by atoms with E-state index in [1.807, 2.05) is 30.0 Å². The predicted molar refractivity (Wildman–Crippen MR) is 89.1 cm³/mol. The monoisotopic (exact) mass is 308 g/mol. The molecule has 0 saturated heterocycles. The average Bonchev–Trinajstić information content (AvgIpc) is 2.46. The van der Waals surface area contributed by atoms with Crippen molar-refractivity contribution in [2.75, 3.05) is 38.2 Å². The summed E-state index contributed by atoms with van der Waals surface area (Å²) in [5, 5.41) is 21.0. The maximum absolute atomic E-state index is 12.3. The topological polar surface area (TPSA) is 72.8 Å². The number of benzene rings is 1. The lowest BCUT2D eigenvalue weighted by Gasteiger charge is -2.22. The van der Waals surface area contributed by atoms with Crippen molar-refractivity contribution >= 4 is 11.6 Å². The zero-order valence-corrected chi connectivity index (χ0v) is 13.8. The van der Waals surface area contributed by atoms with Gasteiger partial charge >= 0.3 is 0 Å². The van der Waals surface area contributed by atoms with Crippen molar-refractivity contribution in [1.29, 1.82) is 0 Å². The molecule has 1 aromatic rings. The van der Waals surface area contributed by atoms with E-state index in [4.69, 9.17) is 10.2 Å². The molecular formula is C17H28N2O3. The Balaban J connectivity index is 2.75. The number of anilines is 1. The number of aliphatic hydroxyl groups excluding tert-OH is 2. The second kappa shape index (κ2) is 9.56. The van der Waals surface area contributed by atoms with Crippen LogP contribution in [0.1, 0.15) is 37.3 Å². The maximum atomic E-state index is 12.3. The van der Waals surface area contributed by atoms with E-state index in [2.05, 4.69) is 19.2 Å². The van der Waals surface area contributed by atoms with Crippen LogP contribution in [0.2, 0.25) is 0 Å². The van der Waals surface area contributed by atoms with Gasteiger partial charge in [0.05, 0.1) is 13.2 Å². The highest BCUT2D eigenvalue weighted by atomic mass is 16.3. The Bertz CT molecular complexity index is 475. The average molecular weight is 308 g/mol. The normalized spacial score (nSPS) is 11.2. The van der Waals surface area contributed by atoms with Crippen molar-refractivity contribution in [2.45, 2.75) is 33.1 Å². The van der Waals surface area contributed by atoms with E-state index in [0.29, 0.717) is 25.4 Å². The molecule has 0 aliphatic rings. The van der Waals surface area contributed by atoms with Crippen molar-refractivity contribution in [3.63, 3.8) is 0 Å². The van der Waals surface area contributed by atoms with Crippen LogP contribution in [0.15, 0.2) is 18.2 Å². The zero-order chi connectivity index (χ0) is 16.5. The number of carbonyl (C=O) groups excluding carboxylic acids is 1. The molecule has 0 heterocycles. The summed E-state index contributed by atoms with van der Waals surface area (Å²) in [6.07, 6.45) is 0.592. The fourth-order valence-electron chi connectivity index (χ4n) is 2.43. The minimum absolute atomic E-state index is 0.000315. The standard InChI is InChI=1S/C17H28N2O3/c1-13(2)15-7-4-6-14(3)17(15)18-16(22)12-19(9-11-21)8-5-10-20/h4,6-7,13,20-21H,5,8-12H2,1-3H3,(H,18,22). The van der Waals surface area contributed by atoms with Gasteiger partial charge in [0.15, 0.2) is 0 Å². The fourth-order valence-corrected chi connectivity index (χ4v) is 2.43. The molecule has 5 nitrogen and oxygen atoms in total. The molecule has 5 heteroatoms. The van der Waals surface area contributed by atoms with E-state index in [1.54, 1.807) is 0 Å². The van der Waals surface area contributed by atoms with E-state index in [1.165, 1.54) is 0 Å². The maximum Gasteiger partial charge on any atom is 0.238 e. The highest BCUT2D eigenvalue weighted by Gasteiger charge is 2.14. The molecule has 0 atom stereocenters. The molecule has 0 aliphatic heterocycles. The lowest BCUT2D eigenvalue weighted by molar-refractivity contribution is -0.117. The minimum atomic E-state index is -0.0948. The lowest BCUT2D eigenvalue weighted by atomic mass is 9.98. The van der Waals surface area contributed by atoms with Crippen LogP contribution in [0.5, 0.6) is 0 Å². The van der Waals surface area contributed by atoms with Crippen LogP contribution in [0.3, 0.4) is 0 Å². The second-order valence-corrected chi connectivity index (χ2v) is 5.82. The SMILES string of the molecule is Cc1cccc(C(C)C)c1NC(=O)CN(CCO)CCCO. The van der Waals surface area contributed by atoms with Crippen LogP contribution in [0, 0.1) is 6.92 Å². The van der Waals surface area contributed by atoms with Crippen LogP contribution < -0.4 is 5.32 Å². The Kier molecular flexibility index (Phi) is 8.09. The van der Waals surface area contributed by atoms with Gasteiger partial charge in [-0.2, -0.15) is 0 Å². The number of rotatable bonds is 9. The Labute approximate surface area is 133 Å². The zero-order valence-electron chi connectivity index (χ0n) is 13.8. The van der Waals surface area contributed by atoms with E-state index in [0.717, 1.165) is 16.8 Å². The third kappa shape index (κ3) is 5.75. The third-order valence-electron chi connectivity index (χ3n) is 3.61. The van der Waals surface area contributed by atoms with Crippen LogP contribution in [0.25, 0.3) is 0 Å². The summed E-state index contributed by atoms with van der Waals surface area (Å²) in [5.74, 6) is 0.237. The van der Waals surface area contributed by atoms with Gasteiger partial charge in [-0.25, -0.2) is 0 Å². The predicted octanol–water partition coefficient (Wildman–Crippen LogP) is 1.73. The van der Waals surface area contributed by atoms with Crippen molar-refractivity contribution in [1.82, 2.24) is 4.90 Å². The summed E-state index contributed by atoms with van der Waals surface area (Å²) in [6, 6.07) is 6.02. The van der Waals surface area contributed by atoms with Gasteiger partial charge in [0, 0.05) is 25.4 Å². The molecule has 0 aliphatic carbocycles. The van der Waals surface area contributed by atoms with Crippen molar-refractivity contribution in [3.05, 3.63) is 29.3 Å².